The van der Waals surface area contributed by atoms with E-state index in [1.165, 1.54) is 191 Å². The summed E-state index contributed by atoms with van der Waals surface area (Å²) in [7, 11) is -2.65. The van der Waals surface area contributed by atoms with Crippen molar-refractivity contribution in [2.45, 2.75) is 0 Å². The minimum Gasteiger partial charge on any atom is -0.309 e. The largest absolute Gasteiger partial charge is 0.309 e. The molecule has 115 heavy (non-hydrogen) atoms. The molecule has 19 aromatic carbocycles. The number of hydrogen-bond acceptors (Lipinski definition) is 0. The van der Waals surface area contributed by atoms with E-state index in [1.807, 2.05) is 0 Å². The zero-order valence-electron chi connectivity index (χ0n) is 63.0. The van der Waals surface area contributed by atoms with Crippen molar-refractivity contribution in [3.8, 4) is 67.3 Å². The Hall–Kier alpha value is -14.9. The van der Waals surface area contributed by atoms with Crippen LogP contribution in [0.5, 0.6) is 0 Å². The van der Waals surface area contributed by atoms with Crippen molar-refractivity contribution in [1.29, 1.82) is 0 Å². The SMILES string of the molecule is c1ccc(-n2c3ccccc3c3cc(-c4ccc(-c5ccc6c(c5)c5ccccc5n6-c5ccc6cc([Si](c7ccccc7)(c7ccccc7)c7ccccc7)ccc6c5)cc4)ccc32)cc1.c1ccc(-n2c3ccccc3c3cc(-c4ccc(-c5ccc6c(c5)c5ccccc5n6-c5ccccc5)c5ccccc45)ccc32)cc1. The summed E-state index contributed by atoms with van der Waals surface area (Å²) in [4.78, 5) is 0. The van der Waals surface area contributed by atoms with Gasteiger partial charge in [0.1, 0.15) is 0 Å². The maximum Gasteiger partial charge on any atom is 0.179 e. The van der Waals surface area contributed by atoms with Crippen LogP contribution in [0.4, 0.5) is 0 Å². The molecule has 0 saturated heterocycles. The second-order valence-corrected chi connectivity index (χ2v) is 34.0. The summed E-state index contributed by atoms with van der Waals surface area (Å²) >= 11 is 0. The number of nitrogens with zero attached hydrogens (tertiary/aromatic N) is 4. The molecule has 538 valence electrons. The molecule has 0 spiro atoms. The number of benzene rings is 19. The Balaban J connectivity index is 0.000000148. The Morgan fingerprint density at radius 1 is 0.139 bits per heavy atom. The number of para-hydroxylation sites is 7. The molecule has 0 amide bonds. The summed E-state index contributed by atoms with van der Waals surface area (Å²) in [6.07, 6.45) is 0. The zero-order chi connectivity index (χ0) is 75.9. The van der Waals surface area contributed by atoms with Crippen molar-refractivity contribution in [1.82, 2.24) is 18.3 Å². The molecule has 0 bridgehead atoms. The van der Waals surface area contributed by atoms with Crippen molar-refractivity contribution < 1.29 is 0 Å². The van der Waals surface area contributed by atoms with Crippen LogP contribution in [0.2, 0.25) is 0 Å². The quantitative estimate of drug-likeness (QED) is 0.0858. The molecule has 0 atom stereocenters. The Morgan fingerprint density at radius 2 is 0.400 bits per heavy atom. The first-order valence-corrected chi connectivity index (χ1v) is 41.7. The summed E-state index contributed by atoms with van der Waals surface area (Å²) in [5, 5.41) is 20.6. The predicted octanol–water partition coefficient (Wildman–Crippen LogP) is 26.1. The molecule has 0 N–H and O–H groups in total. The average Bonchev–Trinajstić information content (AvgIpc) is 1.47. The molecule has 0 unspecified atom stereocenters. The highest BCUT2D eigenvalue weighted by atomic mass is 28.3. The first-order valence-electron chi connectivity index (χ1n) is 39.7. The third kappa shape index (κ3) is 11.2. The maximum atomic E-state index is 2.46. The highest BCUT2D eigenvalue weighted by molar-refractivity contribution is 7.20. The van der Waals surface area contributed by atoms with Crippen LogP contribution in [0.25, 0.3) is 176 Å². The topological polar surface area (TPSA) is 19.7 Å². The van der Waals surface area contributed by atoms with Gasteiger partial charge in [-0.25, -0.2) is 0 Å². The third-order valence-corrected chi connectivity index (χ3v) is 28.7. The highest BCUT2D eigenvalue weighted by Crippen LogP contribution is 2.44. The van der Waals surface area contributed by atoms with Crippen molar-refractivity contribution in [3.63, 3.8) is 0 Å². The van der Waals surface area contributed by atoms with Crippen LogP contribution in [0.1, 0.15) is 0 Å². The lowest BCUT2D eigenvalue weighted by atomic mass is 9.91. The Morgan fingerprint density at radius 3 is 0.757 bits per heavy atom. The Bertz CT molecular complexity index is 7380. The molecular formula is C110H74N4Si. The third-order valence-electron chi connectivity index (χ3n) is 24.0. The van der Waals surface area contributed by atoms with E-state index in [0.29, 0.717) is 0 Å². The van der Waals surface area contributed by atoms with E-state index < -0.39 is 8.07 Å². The standard InChI is InChI=1S/C64H44N2Si.C46H30N2/c1-5-17-51(18-6-1)65-61-27-15-13-25-57(61)59-43-49(35-39-63(59)65)45-29-31-46(32-30-45)50-36-40-64-60(44-50)58-26-14-16-28-62(58)66(64)52-37-33-48-42-56(38-34-47(48)41-52)67(53-19-7-2-8-20-53,54-21-9-3-10-22-54)55-23-11-4-12-24-55;1-3-13-33(14-4-1)47-43-21-11-9-19-39(43)41-29-31(23-27-45(41)47)35-25-26-36(38-18-8-7-17-37(35)38)32-24-28-46-42(30-32)40-20-10-12-22-44(40)48(46)34-15-5-2-6-16-34/h1-44H;1-30H. The van der Waals surface area contributed by atoms with Crippen molar-refractivity contribution >= 4 is 138 Å². The molecule has 23 rings (SSSR count). The monoisotopic (exact) mass is 1480 g/mol. The van der Waals surface area contributed by atoms with Crippen LogP contribution in [0.3, 0.4) is 0 Å². The first kappa shape index (κ1) is 67.0. The summed E-state index contributed by atoms with van der Waals surface area (Å²) in [6.45, 7) is 0. The van der Waals surface area contributed by atoms with E-state index in [-0.39, 0.29) is 0 Å². The maximum absolute atomic E-state index is 2.65. The molecule has 0 aliphatic rings. The van der Waals surface area contributed by atoms with Crippen molar-refractivity contribution in [3.05, 3.63) is 449 Å². The lowest BCUT2D eigenvalue weighted by Gasteiger charge is -2.34. The van der Waals surface area contributed by atoms with Crippen LogP contribution in [-0.2, 0) is 0 Å². The Labute approximate surface area is 667 Å². The molecule has 4 heterocycles. The van der Waals surface area contributed by atoms with Gasteiger partial charge in [0.2, 0.25) is 0 Å². The number of aromatic nitrogens is 4. The fourth-order valence-corrected chi connectivity index (χ4v) is 23.5. The molecular weight excluding hydrogens is 1410 g/mol. The second kappa shape index (κ2) is 27.8. The van der Waals surface area contributed by atoms with Crippen LogP contribution < -0.4 is 20.7 Å². The van der Waals surface area contributed by atoms with E-state index in [1.54, 1.807) is 0 Å². The van der Waals surface area contributed by atoms with Gasteiger partial charge in [-0.15, -0.1) is 0 Å². The normalized spacial score (nSPS) is 11.8. The van der Waals surface area contributed by atoms with Gasteiger partial charge < -0.3 is 18.3 Å². The lowest BCUT2D eigenvalue weighted by molar-refractivity contribution is 1.18. The van der Waals surface area contributed by atoms with Crippen molar-refractivity contribution in [2.75, 3.05) is 0 Å². The van der Waals surface area contributed by atoms with Gasteiger partial charge in [0.25, 0.3) is 0 Å². The summed E-state index contributed by atoms with van der Waals surface area (Å²) < 4.78 is 9.56. The van der Waals surface area contributed by atoms with E-state index in [2.05, 4.69) is 467 Å². The van der Waals surface area contributed by atoms with E-state index in [0.717, 1.165) is 5.69 Å². The van der Waals surface area contributed by atoms with Crippen LogP contribution in [0, 0.1) is 0 Å². The molecule has 4 aromatic heterocycles. The minimum atomic E-state index is -2.65. The van der Waals surface area contributed by atoms with Gasteiger partial charge in [0.15, 0.2) is 8.07 Å². The van der Waals surface area contributed by atoms with E-state index in [4.69, 9.17) is 0 Å². The van der Waals surface area contributed by atoms with Gasteiger partial charge in [-0.3, -0.25) is 0 Å². The van der Waals surface area contributed by atoms with Gasteiger partial charge in [-0.05, 0) is 208 Å². The average molecular weight is 1480 g/mol. The zero-order valence-corrected chi connectivity index (χ0v) is 64.0. The van der Waals surface area contributed by atoms with Gasteiger partial charge in [0.05, 0.1) is 44.1 Å². The minimum absolute atomic E-state index is 1.16. The smallest absolute Gasteiger partial charge is 0.179 e. The molecule has 4 nitrogen and oxygen atoms in total. The van der Waals surface area contributed by atoms with Crippen molar-refractivity contribution in [2.24, 2.45) is 0 Å². The number of rotatable bonds is 12. The van der Waals surface area contributed by atoms with Gasteiger partial charge >= 0.3 is 0 Å². The highest BCUT2D eigenvalue weighted by Gasteiger charge is 2.41. The fraction of sp³-hybridized carbons (Fsp3) is 0. The molecule has 5 heteroatoms. The second-order valence-electron chi connectivity index (χ2n) is 30.2. The first-order chi connectivity index (χ1) is 57.1. The van der Waals surface area contributed by atoms with Crippen LogP contribution >= 0.6 is 0 Å². The summed E-state index contributed by atoms with van der Waals surface area (Å²) in [5.74, 6) is 0. The predicted molar refractivity (Wildman–Crippen MR) is 491 cm³/mol. The molecule has 0 radical (unpaired) electrons. The number of fused-ring (bicyclic) bond motifs is 14. The number of hydrogen-bond donors (Lipinski definition) is 0. The van der Waals surface area contributed by atoms with Crippen LogP contribution in [-0.4, -0.2) is 26.3 Å². The molecule has 0 aliphatic carbocycles. The Kier molecular flexibility index (Phi) is 16.2. The molecule has 0 saturated carbocycles. The van der Waals surface area contributed by atoms with E-state index >= 15 is 0 Å². The summed E-state index contributed by atoms with van der Waals surface area (Å²) in [6, 6.07) is 165. The molecule has 23 aromatic rings. The van der Waals surface area contributed by atoms with E-state index in [9.17, 15) is 0 Å². The van der Waals surface area contributed by atoms with Gasteiger partial charge in [-0.1, -0.05) is 328 Å². The fourth-order valence-electron chi connectivity index (χ4n) is 18.8. The van der Waals surface area contributed by atoms with Gasteiger partial charge in [-0.2, -0.15) is 0 Å². The summed E-state index contributed by atoms with van der Waals surface area (Å²) in [5.41, 5.74) is 24.2. The van der Waals surface area contributed by atoms with Gasteiger partial charge in [0, 0.05) is 65.8 Å². The molecule has 0 fully saturated rings. The molecule has 0 aliphatic heterocycles. The van der Waals surface area contributed by atoms with Crippen LogP contribution in [0.15, 0.2) is 449 Å². The lowest BCUT2D eigenvalue weighted by Crippen LogP contribution is -2.74.